The van der Waals surface area contributed by atoms with Gasteiger partial charge in [-0.15, -0.1) is 0 Å². The molecule has 0 atom stereocenters. The molecule has 156 valence electrons. The van der Waals surface area contributed by atoms with Crippen molar-refractivity contribution in [2.75, 3.05) is 63.7 Å². The van der Waals surface area contributed by atoms with Crippen molar-refractivity contribution in [1.82, 2.24) is 15.2 Å². The molecule has 29 heavy (non-hydrogen) atoms. The van der Waals surface area contributed by atoms with Gasteiger partial charge in [0.2, 0.25) is 0 Å². The van der Waals surface area contributed by atoms with Gasteiger partial charge in [-0.2, -0.15) is 0 Å². The number of nitrogens with one attached hydrogen (secondary N) is 1. The molecule has 1 aromatic heterocycles. The molecule has 1 saturated heterocycles. The number of hydrogen-bond acceptors (Lipinski definition) is 5. The number of nitrogens with zero attached hydrogens (tertiary/aromatic N) is 5. The minimum absolute atomic E-state index is 0.637. The van der Waals surface area contributed by atoms with Gasteiger partial charge in [0.15, 0.2) is 5.96 Å². The number of piperazine rings is 1. The Balaban J connectivity index is 1.66. The zero-order chi connectivity index (χ0) is 20.6. The van der Waals surface area contributed by atoms with E-state index in [-0.39, 0.29) is 0 Å². The van der Waals surface area contributed by atoms with Crippen molar-refractivity contribution >= 4 is 17.5 Å². The molecule has 2 heterocycles. The number of para-hydroxylation sites is 2. The molecule has 1 fully saturated rings. The lowest BCUT2D eigenvalue weighted by molar-refractivity contribution is 0.367. The van der Waals surface area contributed by atoms with E-state index < -0.39 is 0 Å². The van der Waals surface area contributed by atoms with E-state index in [0.29, 0.717) is 6.54 Å². The molecule has 7 nitrogen and oxygen atoms in total. The number of methoxy groups -OCH3 is 1. The van der Waals surface area contributed by atoms with Crippen LogP contribution in [0.25, 0.3) is 0 Å². The van der Waals surface area contributed by atoms with Crippen LogP contribution in [0.4, 0.5) is 11.5 Å². The van der Waals surface area contributed by atoms with E-state index in [1.54, 1.807) is 7.11 Å². The Morgan fingerprint density at radius 3 is 2.62 bits per heavy atom. The van der Waals surface area contributed by atoms with E-state index in [9.17, 15) is 0 Å². The van der Waals surface area contributed by atoms with Gasteiger partial charge in [0.25, 0.3) is 0 Å². The predicted molar refractivity (Wildman–Crippen MR) is 120 cm³/mol. The first-order valence-electron chi connectivity index (χ1n) is 10.2. The maximum Gasteiger partial charge on any atom is 0.194 e. The van der Waals surface area contributed by atoms with Crippen LogP contribution in [0.15, 0.2) is 47.6 Å². The van der Waals surface area contributed by atoms with E-state index in [0.717, 1.165) is 61.5 Å². The van der Waals surface area contributed by atoms with Crippen molar-refractivity contribution in [3.63, 3.8) is 0 Å². The highest BCUT2D eigenvalue weighted by atomic mass is 16.5. The molecule has 0 aliphatic carbocycles. The highest BCUT2D eigenvalue weighted by molar-refractivity contribution is 5.80. The smallest absolute Gasteiger partial charge is 0.194 e. The van der Waals surface area contributed by atoms with E-state index in [1.165, 1.54) is 0 Å². The summed E-state index contributed by atoms with van der Waals surface area (Å²) < 4.78 is 5.53. The second-order valence-corrected chi connectivity index (χ2v) is 7.23. The largest absolute Gasteiger partial charge is 0.495 e. The predicted octanol–water partition coefficient (Wildman–Crippen LogP) is 2.44. The quantitative estimate of drug-likeness (QED) is 0.598. The average Bonchev–Trinajstić information content (AvgIpc) is 2.77. The van der Waals surface area contributed by atoms with E-state index >= 15 is 0 Å². The molecule has 0 radical (unpaired) electrons. The first kappa shape index (κ1) is 20.8. The molecule has 0 saturated carbocycles. The van der Waals surface area contributed by atoms with Crippen LogP contribution in [0, 0.1) is 0 Å². The van der Waals surface area contributed by atoms with Crippen LogP contribution in [0.5, 0.6) is 5.75 Å². The summed E-state index contributed by atoms with van der Waals surface area (Å²) >= 11 is 0. The minimum atomic E-state index is 0.637. The second kappa shape index (κ2) is 10.0. The number of anilines is 2. The lowest BCUT2D eigenvalue weighted by Crippen LogP contribution is -2.52. The van der Waals surface area contributed by atoms with Gasteiger partial charge in [-0.3, -0.25) is 0 Å². The molecule has 1 aliphatic heterocycles. The first-order valence-corrected chi connectivity index (χ1v) is 10.2. The van der Waals surface area contributed by atoms with Crippen LogP contribution in [0.3, 0.4) is 0 Å². The third-order valence-corrected chi connectivity index (χ3v) is 5.02. The average molecular weight is 397 g/mol. The van der Waals surface area contributed by atoms with Gasteiger partial charge in [0.05, 0.1) is 19.3 Å². The number of hydrogen-bond donors (Lipinski definition) is 1. The summed E-state index contributed by atoms with van der Waals surface area (Å²) in [6.45, 7) is 7.31. The number of aromatic nitrogens is 1. The van der Waals surface area contributed by atoms with Crippen molar-refractivity contribution in [3.8, 4) is 5.75 Å². The van der Waals surface area contributed by atoms with Crippen LogP contribution in [-0.4, -0.2) is 69.8 Å². The number of aliphatic imine (C=N–C) groups is 1. The van der Waals surface area contributed by atoms with Crippen LogP contribution in [0.2, 0.25) is 0 Å². The summed E-state index contributed by atoms with van der Waals surface area (Å²) in [5.41, 5.74) is 2.32. The molecule has 1 N–H and O–H groups in total. The number of ether oxygens (including phenoxy) is 1. The number of benzene rings is 1. The van der Waals surface area contributed by atoms with Gasteiger partial charge >= 0.3 is 0 Å². The normalized spacial score (nSPS) is 14.7. The van der Waals surface area contributed by atoms with E-state index in [4.69, 9.17) is 9.73 Å². The highest BCUT2D eigenvalue weighted by Gasteiger charge is 2.21. The maximum atomic E-state index is 5.53. The van der Waals surface area contributed by atoms with Crippen molar-refractivity contribution in [2.45, 2.75) is 13.5 Å². The molecule has 0 bridgehead atoms. The van der Waals surface area contributed by atoms with Crippen LogP contribution in [0.1, 0.15) is 12.5 Å². The van der Waals surface area contributed by atoms with Gasteiger partial charge in [-0.25, -0.2) is 9.98 Å². The summed E-state index contributed by atoms with van der Waals surface area (Å²) in [4.78, 5) is 16.0. The molecular formula is C22H32N6O. The molecular weight excluding hydrogens is 364 g/mol. The molecule has 2 aromatic rings. The Labute approximate surface area is 174 Å². The lowest BCUT2D eigenvalue weighted by Gasteiger charge is -2.38. The van der Waals surface area contributed by atoms with Gasteiger partial charge in [-0.05, 0) is 36.8 Å². The SMILES string of the molecule is CCNC(=NCc1ccnc(N(C)C)c1)N1CCN(c2ccccc2OC)CC1. The molecule has 0 spiro atoms. The zero-order valence-corrected chi connectivity index (χ0v) is 17.9. The molecule has 7 heteroatoms. The van der Waals surface area contributed by atoms with E-state index in [1.807, 2.05) is 43.4 Å². The molecule has 3 rings (SSSR count). The van der Waals surface area contributed by atoms with Gasteiger partial charge in [0, 0.05) is 53.0 Å². The van der Waals surface area contributed by atoms with Crippen molar-refractivity contribution < 1.29 is 4.74 Å². The van der Waals surface area contributed by atoms with Crippen LogP contribution >= 0.6 is 0 Å². The second-order valence-electron chi connectivity index (χ2n) is 7.23. The van der Waals surface area contributed by atoms with Crippen LogP contribution in [-0.2, 0) is 6.54 Å². The Bertz CT molecular complexity index is 814. The number of guanidine groups is 1. The molecule has 0 amide bonds. The Morgan fingerprint density at radius 1 is 1.17 bits per heavy atom. The van der Waals surface area contributed by atoms with Gasteiger partial charge < -0.3 is 24.8 Å². The fourth-order valence-corrected chi connectivity index (χ4v) is 3.45. The fraction of sp³-hybridized carbons (Fsp3) is 0.455. The summed E-state index contributed by atoms with van der Waals surface area (Å²) in [7, 11) is 5.73. The number of rotatable bonds is 6. The molecule has 0 unspecified atom stereocenters. The summed E-state index contributed by atoms with van der Waals surface area (Å²) in [6, 6.07) is 12.3. The summed E-state index contributed by atoms with van der Waals surface area (Å²) in [5, 5.41) is 3.44. The Kier molecular flexibility index (Phi) is 7.16. The fourth-order valence-electron chi connectivity index (χ4n) is 3.45. The van der Waals surface area contributed by atoms with Crippen molar-refractivity contribution in [2.24, 2.45) is 4.99 Å². The molecule has 1 aromatic carbocycles. The third-order valence-electron chi connectivity index (χ3n) is 5.02. The lowest BCUT2D eigenvalue weighted by atomic mass is 10.2. The zero-order valence-electron chi connectivity index (χ0n) is 17.9. The standard InChI is InChI=1S/C22H32N6O/c1-5-23-22(25-17-18-10-11-24-21(16-18)26(2)3)28-14-12-27(13-15-28)19-8-6-7-9-20(19)29-4/h6-11,16H,5,12-15,17H2,1-4H3,(H,23,25). The monoisotopic (exact) mass is 396 g/mol. The van der Waals surface area contributed by atoms with Crippen LogP contribution < -0.4 is 19.9 Å². The van der Waals surface area contributed by atoms with E-state index in [2.05, 4.69) is 45.2 Å². The van der Waals surface area contributed by atoms with Gasteiger partial charge in [0.1, 0.15) is 11.6 Å². The van der Waals surface area contributed by atoms with Crippen molar-refractivity contribution in [3.05, 3.63) is 48.2 Å². The minimum Gasteiger partial charge on any atom is -0.495 e. The topological polar surface area (TPSA) is 56.2 Å². The highest BCUT2D eigenvalue weighted by Crippen LogP contribution is 2.28. The first-order chi connectivity index (χ1) is 14.1. The molecule has 1 aliphatic rings. The number of pyridine rings is 1. The Morgan fingerprint density at radius 2 is 1.93 bits per heavy atom. The van der Waals surface area contributed by atoms with Gasteiger partial charge in [-0.1, -0.05) is 12.1 Å². The van der Waals surface area contributed by atoms with Crippen molar-refractivity contribution in [1.29, 1.82) is 0 Å². The maximum absolute atomic E-state index is 5.53. The summed E-state index contributed by atoms with van der Waals surface area (Å²) in [6.07, 6.45) is 1.85. The Hall–Kier alpha value is -2.96. The summed E-state index contributed by atoms with van der Waals surface area (Å²) in [5.74, 6) is 2.85. The third kappa shape index (κ3) is 5.31.